The lowest BCUT2D eigenvalue weighted by Crippen LogP contribution is -2.41. The number of nitrogens with one attached hydrogen (secondary N) is 1. The summed E-state index contributed by atoms with van der Waals surface area (Å²) in [5.41, 5.74) is 0.707. The second kappa shape index (κ2) is 7.18. The van der Waals surface area contributed by atoms with Crippen molar-refractivity contribution in [1.82, 2.24) is 5.32 Å². The number of amides is 1. The van der Waals surface area contributed by atoms with Gasteiger partial charge in [0.1, 0.15) is 11.4 Å². The Morgan fingerprint density at radius 1 is 1.18 bits per heavy atom. The Kier molecular flexibility index (Phi) is 5.28. The Balaban J connectivity index is 2.14. The van der Waals surface area contributed by atoms with Gasteiger partial charge in [-0.15, -0.1) is 0 Å². The summed E-state index contributed by atoms with van der Waals surface area (Å²) in [4.78, 5) is 12.2. The van der Waals surface area contributed by atoms with Crippen molar-refractivity contribution in [2.75, 3.05) is 13.7 Å². The second-order valence-electron chi connectivity index (χ2n) is 5.11. The lowest BCUT2D eigenvalue weighted by atomic mass is 9.90. The third-order valence-corrected chi connectivity index (χ3v) is 3.88. The van der Waals surface area contributed by atoms with Crippen LogP contribution in [0.3, 0.4) is 0 Å². The maximum absolute atomic E-state index is 13.2. The minimum atomic E-state index is -0.593. The number of hydrogen-bond acceptors (Lipinski definition) is 2. The van der Waals surface area contributed by atoms with Crippen LogP contribution in [0, 0.1) is 5.82 Å². The van der Waals surface area contributed by atoms with E-state index in [2.05, 4.69) is 5.32 Å². The molecule has 0 radical (unpaired) electrons. The zero-order valence-corrected chi connectivity index (χ0v) is 12.8. The Labute approximate surface area is 130 Å². The van der Waals surface area contributed by atoms with E-state index < -0.39 is 11.4 Å². The highest BCUT2D eigenvalue weighted by atomic mass is 19.1. The summed E-state index contributed by atoms with van der Waals surface area (Å²) in [7, 11) is 1.63. The molecular formula is C18H20FNO2. The molecule has 22 heavy (non-hydrogen) atoms. The maximum atomic E-state index is 13.2. The average Bonchev–Trinajstić information content (AvgIpc) is 2.57. The van der Waals surface area contributed by atoms with Crippen molar-refractivity contribution in [3.05, 3.63) is 71.5 Å². The zero-order valence-electron chi connectivity index (χ0n) is 12.8. The van der Waals surface area contributed by atoms with E-state index in [1.807, 2.05) is 37.3 Å². The van der Waals surface area contributed by atoms with Gasteiger partial charge in [-0.05, 0) is 30.2 Å². The quantitative estimate of drug-likeness (QED) is 0.886. The van der Waals surface area contributed by atoms with E-state index in [0.717, 1.165) is 5.56 Å². The fourth-order valence-electron chi connectivity index (χ4n) is 2.46. The van der Waals surface area contributed by atoms with Crippen molar-refractivity contribution in [3.8, 4) is 0 Å². The minimum absolute atomic E-state index is 0.300. The van der Waals surface area contributed by atoms with Crippen LogP contribution in [0.2, 0.25) is 0 Å². The van der Waals surface area contributed by atoms with Crippen LogP contribution < -0.4 is 5.32 Å². The van der Waals surface area contributed by atoms with E-state index >= 15 is 0 Å². The van der Waals surface area contributed by atoms with Crippen molar-refractivity contribution in [1.29, 1.82) is 0 Å². The predicted octanol–water partition coefficient (Wildman–Crippen LogP) is 3.51. The highest BCUT2D eigenvalue weighted by molar-refractivity contribution is 5.94. The molecule has 1 N–H and O–H groups in total. The Morgan fingerprint density at radius 3 is 2.50 bits per heavy atom. The van der Waals surface area contributed by atoms with Gasteiger partial charge in [-0.2, -0.15) is 0 Å². The molecule has 2 aromatic carbocycles. The van der Waals surface area contributed by atoms with Gasteiger partial charge in [-0.25, -0.2) is 4.39 Å². The molecule has 0 aliphatic carbocycles. The van der Waals surface area contributed by atoms with Crippen LogP contribution in [-0.4, -0.2) is 19.6 Å². The molecule has 1 atom stereocenters. The third kappa shape index (κ3) is 3.52. The van der Waals surface area contributed by atoms with Gasteiger partial charge in [0, 0.05) is 12.7 Å². The molecule has 116 valence electrons. The molecule has 3 nitrogen and oxygen atoms in total. The van der Waals surface area contributed by atoms with Crippen LogP contribution in [0.1, 0.15) is 29.3 Å². The third-order valence-electron chi connectivity index (χ3n) is 3.88. The Bertz CT molecular complexity index is 624. The fraction of sp³-hybridized carbons (Fsp3) is 0.278. The van der Waals surface area contributed by atoms with Gasteiger partial charge in [0.15, 0.2) is 0 Å². The molecule has 4 heteroatoms. The lowest BCUT2D eigenvalue weighted by molar-refractivity contribution is -0.0164. The van der Waals surface area contributed by atoms with E-state index in [1.54, 1.807) is 13.2 Å². The first-order chi connectivity index (χ1) is 10.6. The van der Waals surface area contributed by atoms with Gasteiger partial charge in [-0.3, -0.25) is 4.79 Å². The van der Waals surface area contributed by atoms with Crippen molar-refractivity contribution in [2.24, 2.45) is 0 Å². The number of carbonyl (C=O) groups excluding carboxylic acids is 1. The summed E-state index contributed by atoms with van der Waals surface area (Å²) < 4.78 is 18.9. The number of carbonyl (C=O) groups is 1. The number of ether oxygens (including phenoxy) is 1. The average molecular weight is 301 g/mol. The molecule has 2 aromatic rings. The van der Waals surface area contributed by atoms with Gasteiger partial charge < -0.3 is 10.1 Å². The van der Waals surface area contributed by atoms with E-state index in [4.69, 9.17) is 4.74 Å². The van der Waals surface area contributed by atoms with E-state index in [9.17, 15) is 9.18 Å². The van der Waals surface area contributed by atoms with Crippen LogP contribution in [0.4, 0.5) is 4.39 Å². The molecule has 0 fully saturated rings. The van der Waals surface area contributed by atoms with E-state index in [-0.39, 0.29) is 5.91 Å². The summed E-state index contributed by atoms with van der Waals surface area (Å²) in [5, 5.41) is 2.84. The zero-order chi connectivity index (χ0) is 16.0. The van der Waals surface area contributed by atoms with Crippen LogP contribution in [0.15, 0.2) is 54.6 Å². The highest BCUT2D eigenvalue weighted by Crippen LogP contribution is 2.28. The first kappa shape index (κ1) is 16.2. The number of rotatable bonds is 6. The van der Waals surface area contributed by atoms with Crippen molar-refractivity contribution in [2.45, 2.75) is 18.9 Å². The largest absolute Gasteiger partial charge is 0.372 e. The molecule has 0 bridgehead atoms. The first-order valence-electron chi connectivity index (χ1n) is 7.26. The number of methoxy groups -OCH3 is 1. The van der Waals surface area contributed by atoms with E-state index in [0.29, 0.717) is 18.5 Å². The van der Waals surface area contributed by atoms with Gasteiger partial charge >= 0.3 is 0 Å². The van der Waals surface area contributed by atoms with Crippen molar-refractivity contribution >= 4 is 5.91 Å². The van der Waals surface area contributed by atoms with Gasteiger partial charge in [0.25, 0.3) is 5.91 Å². The molecule has 0 saturated carbocycles. The van der Waals surface area contributed by atoms with E-state index in [1.165, 1.54) is 18.2 Å². The fourth-order valence-corrected chi connectivity index (χ4v) is 2.46. The standard InChI is InChI=1S/C18H20FNO2/c1-3-18(22-2,15-9-5-4-6-10-15)13-20-17(21)14-8-7-11-16(19)12-14/h4-12H,3,13H2,1-2H3,(H,20,21)/t18-/m0/s1. The molecule has 1 amide bonds. The van der Waals surface area contributed by atoms with Crippen molar-refractivity contribution in [3.63, 3.8) is 0 Å². The monoisotopic (exact) mass is 301 g/mol. The van der Waals surface area contributed by atoms with Crippen LogP contribution in [-0.2, 0) is 10.3 Å². The second-order valence-corrected chi connectivity index (χ2v) is 5.11. The molecule has 0 aromatic heterocycles. The summed E-state index contributed by atoms with van der Waals surface area (Å²) in [6.45, 7) is 2.32. The number of halogens is 1. The summed E-state index contributed by atoms with van der Waals surface area (Å²) in [6.07, 6.45) is 0.705. The minimum Gasteiger partial charge on any atom is -0.372 e. The molecule has 0 saturated heterocycles. The molecule has 2 rings (SSSR count). The van der Waals surface area contributed by atoms with Crippen LogP contribution in [0.25, 0.3) is 0 Å². The molecule has 0 aliphatic heterocycles. The smallest absolute Gasteiger partial charge is 0.251 e. The van der Waals surface area contributed by atoms with Crippen LogP contribution >= 0.6 is 0 Å². The van der Waals surface area contributed by atoms with Gasteiger partial charge in [0.2, 0.25) is 0 Å². The number of hydrogen-bond donors (Lipinski definition) is 1. The normalized spacial score (nSPS) is 13.4. The molecule has 0 spiro atoms. The first-order valence-corrected chi connectivity index (χ1v) is 7.26. The number of benzene rings is 2. The Hall–Kier alpha value is -2.20. The SMILES string of the molecule is CC[C@@](CNC(=O)c1cccc(F)c1)(OC)c1ccccc1. The highest BCUT2D eigenvalue weighted by Gasteiger charge is 2.30. The maximum Gasteiger partial charge on any atom is 0.251 e. The van der Waals surface area contributed by atoms with Crippen LogP contribution in [0.5, 0.6) is 0 Å². The molecule has 0 unspecified atom stereocenters. The molecular weight excluding hydrogens is 281 g/mol. The predicted molar refractivity (Wildman–Crippen MR) is 84.2 cm³/mol. The summed E-state index contributed by atoms with van der Waals surface area (Å²) in [5.74, 6) is -0.741. The van der Waals surface area contributed by atoms with Gasteiger partial charge in [0.05, 0.1) is 6.54 Å². The van der Waals surface area contributed by atoms with Crippen molar-refractivity contribution < 1.29 is 13.9 Å². The van der Waals surface area contributed by atoms with Gasteiger partial charge in [-0.1, -0.05) is 43.3 Å². The summed E-state index contributed by atoms with van der Waals surface area (Å²) in [6, 6.07) is 15.4. The topological polar surface area (TPSA) is 38.3 Å². The molecule has 0 aliphatic rings. The Morgan fingerprint density at radius 2 is 1.91 bits per heavy atom. The molecule has 0 heterocycles. The lowest BCUT2D eigenvalue weighted by Gasteiger charge is -2.32. The summed E-state index contributed by atoms with van der Waals surface area (Å²) >= 11 is 0.